The van der Waals surface area contributed by atoms with E-state index in [1.807, 2.05) is 72.8 Å². The van der Waals surface area contributed by atoms with E-state index in [-0.39, 0.29) is 0 Å². The van der Waals surface area contributed by atoms with Crippen LogP contribution < -0.4 is 0 Å². The zero-order valence-corrected chi connectivity index (χ0v) is 36.6. The van der Waals surface area contributed by atoms with Gasteiger partial charge in [0.05, 0.1) is 33.5 Å². The Bertz CT molecular complexity index is 3940. The molecule has 0 saturated heterocycles. The molecule has 68 heavy (non-hydrogen) atoms. The normalized spacial score (nSPS) is 11.5. The van der Waals surface area contributed by atoms with E-state index < -0.39 is 0 Å². The Kier molecular flexibility index (Phi) is 9.35. The summed E-state index contributed by atoms with van der Waals surface area (Å²) in [4.78, 5) is 26.1. The first-order valence-electron chi connectivity index (χ1n) is 22.8. The molecule has 0 saturated carbocycles. The highest BCUT2D eigenvalue weighted by atomic mass is 15.2. The lowest BCUT2D eigenvalue weighted by Gasteiger charge is -2.14. The van der Waals surface area contributed by atoms with Crippen molar-refractivity contribution in [1.29, 1.82) is 0 Å². The lowest BCUT2D eigenvalue weighted by atomic mass is 9.96. The SMILES string of the molecule is c1ccc(-c2cc(-c3ccccc3-c3ccccc3)nc(-c3ccc(-n4c5ccccc5c5ccc6c7ccccc7n(-c7nc(-c8ccccc8)nc(-c8ccccc8)n7)c6c54)cc3)n2)cc1. The molecule has 0 N–H and O–H groups in total. The highest BCUT2D eigenvalue weighted by Crippen LogP contribution is 2.42. The summed E-state index contributed by atoms with van der Waals surface area (Å²) >= 11 is 0. The second kappa shape index (κ2) is 16.3. The summed E-state index contributed by atoms with van der Waals surface area (Å²) in [6, 6.07) is 82.1. The molecule has 0 aliphatic rings. The van der Waals surface area contributed by atoms with Gasteiger partial charge in [0.15, 0.2) is 17.5 Å². The fourth-order valence-electron chi connectivity index (χ4n) is 9.68. The average Bonchev–Trinajstić information content (AvgIpc) is 3.95. The highest BCUT2D eigenvalue weighted by Gasteiger charge is 2.24. The molecule has 7 heteroatoms. The van der Waals surface area contributed by atoms with E-state index in [0.717, 1.165) is 99.6 Å². The van der Waals surface area contributed by atoms with E-state index in [4.69, 9.17) is 24.9 Å². The third kappa shape index (κ3) is 6.64. The summed E-state index contributed by atoms with van der Waals surface area (Å²) in [5, 5.41) is 4.49. The maximum absolute atomic E-state index is 5.31. The Hall–Kier alpha value is -9.33. The van der Waals surface area contributed by atoms with Crippen molar-refractivity contribution < 1.29 is 0 Å². The molecule has 13 rings (SSSR count). The summed E-state index contributed by atoms with van der Waals surface area (Å²) < 4.78 is 4.61. The maximum atomic E-state index is 5.31. The standard InChI is InChI=1S/C61H39N7/c1-5-19-40(20-6-1)46-27-13-14-28-47(46)53-39-52(41-21-7-2-8-22-41)62-58(63-53)44-33-35-45(36-34-44)67-54-31-17-15-29-48(54)50-37-38-51-49-30-16-18-32-55(49)68(57(51)56(50)67)61-65-59(42-23-9-3-10-24-42)64-60(66-61)43-25-11-4-12-26-43/h1-39H. The van der Waals surface area contributed by atoms with Gasteiger partial charge in [-0.25, -0.2) is 15.0 Å². The Balaban J connectivity index is 1.03. The molecule has 0 aliphatic carbocycles. The molecular weight excluding hydrogens is 831 g/mol. The van der Waals surface area contributed by atoms with E-state index in [0.29, 0.717) is 23.4 Å². The van der Waals surface area contributed by atoms with Crippen LogP contribution in [0.15, 0.2) is 237 Å². The topological polar surface area (TPSA) is 74.3 Å². The van der Waals surface area contributed by atoms with Crippen LogP contribution in [-0.2, 0) is 0 Å². The third-order valence-electron chi connectivity index (χ3n) is 12.8. The Morgan fingerprint density at radius 3 is 1.28 bits per heavy atom. The maximum Gasteiger partial charge on any atom is 0.238 e. The zero-order chi connectivity index (χ0) is 45.0. The second-order valence-corrected chi connectivity index (χ2v) is 16.9. The van der Waals surface area contributed by atoms with E-state index in [1.54, 1.807) is 0 Å². The van der Waals surface area contributed by atoms with Crippen LogP contribution >= 0.6 is 0 Å². The van der Waals surface area contributed by atoms with Crippen molar-refractivity contribution in [3.8, 4) is 79.4 Å². The molecule has 318 valence electrons. The van der Waals surface area contributed by atoms with Gasteiger partial charge in [0.2, 0.25) is 5.95 Å². The monoisotopic (exact) mass is 869 g/mol. The molecule has 0 unspecified atom stereocenters. The van der Waals surface area contributed by atoms with Gasteiger partial charge in [-0.1, -0.05) is 194 Å². The number of hydrogen-bond acceptors (Lipinski definition) is 5. The Morgan fingerprint density at radius 1 is 0.265 bits per heavy atom. The first-order chi connectivity index (χ1) is 33.7. The molecule has 0 spiro atoms. The molecule has 7 nitrogen and oxygen atoms in total. The molecule has 0 amide bonds. The van der Waals surface area contributed by atoms with Gasteiger partial charge in [0.25, 0.3) is 0 Å². The van der Waals surface area contributed by atoms with Crippen LogP contribution in [-0.4, -0.2) is 34.1 Å². The summed E-state index contributed by atoms with van der Waals surface area (Å²) in [6.07, 6.45) is 0. The molecule has 0 bridgehead atoms. The summed E-state index contributed by atoms with van der Waals surface area (Å²) in [5.41, 5.74) is 14.0. The zero-order valence-electron chi connectivity index (χ0n) is 36.6. The van der Waals surface area contributed by atoms with Crippen LogP contribution in [0.2, 0.25) is 0 Å². The summed E-state index contributed by atoms with van der Waals surface area (Å²) in [6.45, 7) is 0. The van der Waals surface area contributed by atoms with E-state index in [9.17, 15) is 0 Å². The molecule has 0 radical (unpaired) electrons. The third-order valence-corrected chi connectivity index (χ3v) is 12.8. The minimum absolute atomic E-state index is 0.545. The lowest BCUT2D eigenvalue weighted by Crippen LogP contribution is -2.07. The van der Waals surface area contributed by atoms with Crippen LogP contribution in [0.3, 0.4) is 0 Å². The van der Waals surface area contributed by atoms with Crippen molar-refractivity contribution in [2.45, 2.75) is 0 Å². The van der Waals surface area contributed by atoms with Crippen LogP contribution in [0.4, 0.5) is 0 Å². The minimum atomic E-state index is 0.545. The average molecular weight is 870 g/mol. The molecule has 0 atom stereocenters. The van der Waals surface area contributed by atoms with E-state index >= 15 is 0 Å². The number of rotatable bonds is 8. The number of fused-ring (bicyclic) bond motifs is 7. The van der Waals surface area contributed by atoms with E-state index in [1.165, 1.54) is 0 Å². The van der Waals surface area contributed by atoms with Crippen molar-refractivity contribution in [2.24, 2.45) is 0 Å². The predicted molar refractivity (Wildman–Crippen MR) is 277 cm³/mol. The predicted octanol–water partition coefficient (Wildman–Crippen LogP) is 14.9. The Morgan fingerprint density at radius 2 is 0.691 bits per heavy atom. The van der Waals surface area contributed by atoms with Gasteiger partial charge < -0.3 is 4.57 Å². The first kappa shape index (κ1) is 39.1. The number of para-hydroxylation sites is 2. The van der Waals surface area contributed by atoms with Gasteiger partial charge in [0, 0.05) is 55.0 Å². The first-order valence-corrected chi connectivity index (χ1v) is 22.8. The smallest absolute Gasteiger partial charge is 0.238 e. The second-order valence-electron chi connectivity index (χ2n) is 16.9. The largest absolute Gasteiger partial charge is 0.307 e. The van der Waals surface area contributed by atoms with Crippen LogP contribution in [0.1, 0.15) is 0 Å². The quantitative estimate of drug-likeness (QED) is 0.152. The molecule has 0 fully saturated rings. The fourth-order valence-corrected chi connectivity index (χ4v) is 9.68. The lowest BCUT2D eigenvalue weighted by molar-refractivity contribution is 0.953. The van der Waals surface area contributed by atoms with Crippen molar-refractivity contribution in [2.75, 3.05) is 0 Å². The minimum Gasteiger partial charge on any atom is -0.307 e. The molecule has 13 aromatic rings. The van der Waals surface area contributed by atoms with Gasteiger partial charge in [-0.05, 0) is 53.6 Å². The molecule has 0 aliphatic heterocycles. The van der Waals surface area contributed by atoms with Crippen molar-refractivity contribution >= 4 is 43.6 Å². The fraction of sp³-hybridized carbons (Fsp3) is 0. The van der Waals surface area contributed by atoms with Gasteiger partial charge >= 0.3 is 0 Å². The number of benzene rings is 9. The molecule has 4 aromatic heterocycles. The number of nitrogens with zero attached hydrogens (tertiary/aromatic N) is 7. The van der Waals surface area contributed by atoms with Crippen LogP contribution in [0.5, 0.6) is 0 Å². The summed E-state index contributed by atoms with van der Waals surface area (Å²) in [5.74, 6) is 2.41. The molecule has 4 heterocycles. The van der Waals surface area contributed by atoms with Crippen molar-refractivity contribution in [1.82, 2.24) is 34.1 Å². The van der Waals surface area contributed by atoms with Gasteiger partial charge in [-0.15, -0.1) is 0 Å². The van der Waals surface area contributed by atoms with Crippen LogP contribution in [0.25, 0.3) is 123 Å². The van der Waals surface area contributed by atoms with Crippen molar-refractivity contribution in [3.63, 3.8) is 0 Å². The van der Waals surface area contributed by atoms with Crippen molar-refractivity contribution in [3.05, 3.63) is 237 Å². The van der Waals surface area contributed by atoms with Crippen LogP contribution in [0, 0.1) is 0 Å². The van der Waals surface area contributed by atoms with Gasteiger partial charge in [-0.2, -0.15) is 9.97 Å². The van der Waals surface area contributed by atoms with E-state index in [2.05, 4.69) is 173 Å². The number of hydrogen-bond donors (Lipinski definition) is 0. The molecular formula is C61H39N7. The summed E-state index contributed by atoms with van der Waals surface area (Å²) in [7, 11) is 0. The van der Waals surface area contributed by atoms with Gasteiger partial charge in [0.1, 0.15) is 0 Å². The van der Waals surface area contributed by atoms with Gasteiger partial charge in [-0.3, -0.25) is 4.57 Å². The number of aromatic nitrogens is 7. The highest BCUT2D eigenvalue weighted by molar-refractivity contribution is 6.23. The Labute approximate surface area is 392 Å². The molecule has 9 aromatic carbocycles.